The van der Waals surface area contributed by atoms with Gasteiger partial charge in [0.25, 0.3) is 5.91 Å². The number of furan rings is 1. The predicted molar refractivity (Wildman–Crippen MR) is 102 cm³/mol. The highest BCUT2D eigenvalue weighted by Gasteiger charge is 2.36. The van der Waals surface area contributed by atoms with Crippen molar-refractivity contribution in [2.45, 2.75) is 25.4 Å². The second kappa shape index (κ2) is 6.58. The molecule has 0 saturated carbocycles. The van der Waals surface area contributed by atoms with Crippen molar-refractivity contribution in [2.75, 3.05) is 13.1 Å². The van der Waals surface area contributed by atoms with Crippen molar-refractivity contribution in [3.05, 3.63) is 65.3 Å². The summed E-state index contributed by atoms with van der Waals surface area (Å²) in [5, 5.41) is 5.02. The summed E-state index contributed by atoms with van der Waals surface area (Å²) in [5.74, 6) is -0.146. The van der Waals surface area contributed by atoms with Crippen LogP contribution in [0.5, 0.6) is 0 Å². The number of benzene rings is 1. The van der Waals surface area contributed by atoms with E-state index in [-0.39, 0.29) is 28.9 Å². The Morgan fingerprint density at radius 2 is 2.00 bits per heavy atom. The molecular formula is C21H17F3N4O2. The summed E-state index contributed by atoms with van der Waals surface area (Å²) in [6, 6.07) is 11.6. The maximum Gasteiger partial charge on any atom is 0.433 e. The van der Waals surface area contributed by atoms with Gasteiger partial charge in [0, 0.05) is 36.2 Å². The van der Waals surface area contributed by atoms with Gasteiger partial charge in [0.05, 0.1) is 5.69 Å². The van der Waals surface area contributed by atoms with Crippen LogP contribution in [0, 0.1) is 6.92 Å². The third-order valence-electron chi connectivity index (χ3n) is 5.39. The number of hydrogen-bond acceptors (Lipinski definition) is 4. The zero-order valence-electron chi connectivity index (χ0n) is 16.0. The molecule has 1 saturated heterocycles. The number of carbonyl (C=O) groups is 1. The molecule has 154 valence electrons. The number of fused-ring (bicyclic) bond motifs is 2. The fourth-order valence-corrected chi connectivity index (χ4v) is 3.95. The van der Waals surface area contributed by atoms with E-state index in [1.54, 1.807) is 23.1 Å². The van der Waals surface area contributed by atoms with Crippen LogP contribution >= 0.6 is 0 Å². The van der Waals surface area contributed by atoms with Gasteiger partial charge in [-0.1, -0.05) is 18.2 Å². The molecule has 4 heterocycles. The van der Waals surface area contributed by atoms with Gasteiger partial charge in [-0.3, -0.25) is 4.79 Å². The molecule has 4 aromatic rings. The van der Waals surface area contributed by atoms with Gasteiger partial charge in [0.15, 0.2) is 11.4 Å². The van der Waals surface area contributed by atoms with E-state index >= 15 is 0 Å². The number of hydrogen-bond donors (Lipinski definition) is 0. The summed E-state index contributed by atoms with van der Waals surface area (Å²) in [4.78, 5) is 18.7. The van der Waals surface area contributed by atoms with E-state index in [1.807, 2.05) is 18.2 Å². The zero-order chi connectivity index (χ0) is 21.0. The van der Waals surface area contributed by atoms with E-state index in [1.165, 1.54) is 6.92 Å². The Labute approximate surface area is 168 Å². The molecule has 5 rings (SSSR count). The van der Waals surface area contributed by atoms with Crippen molar-refractivity contribution in [3.63, 3.8) is 0 Å². The molecule has 0 radical (unpaired) electrons. The molecule has 1 amide bonds. The molecule has 1 aromatic carbocycles. The fraction of sp³-hybridized carbons (Fsp3) is 0.286. The predicted octanol–water partition coefficient (Wildman–Crippen LogP) is 4.43. The quantitative estimate of drug-likeness (QED) is 0.487. The van der Waals surface area contributed by atoms with Crippen LogP contribution < -0.4 is 0 Å². The van der Waals surface area contributed by atoms with Gasteiger partial charge >= 0.3 is 6.18 Å². The van der Waals surface area contributed by atoms with E-state index in [4.69, 9.17) is 4.42 Å². The highest BCUT2D eigenvalue weighted by molar-refractivity contribution is 5.96. The van der Waals surface area contributed by atoms with Crippen LogP contribution in [0.4, 0.5) is 13.2 Å². The molecular weight excluding hydrogens is 397 g/mol. The number of aromatic nitrogens is 3. The lowest BCUT2D eigenvalue weighted by Gasteiger charge is -2.14. The Balaban J connectivity index is 1.41. The highest BCUT2D eigenvalue weighted by atomic mass is 19.4. The molecule has 1 atom stereocenters. The Bertz CT molecular complexity index is 1240. The molecule has 1 aliphatic rings. The van der Waals surface area contributed by atoms with E-state index < -0.39 is 11.9 Å². The lowest BCUT2D eigenvalue weighted by atomic mass is 10.1. The summed E-state index contributed by atoms with van der Waals surface area (Å²) in [7, 11) is 0. The molecule has 1 unspecified atom stereocenters. The first-order valence-electron chi connectivity index (χ1n) is 9.52. The first-order valence-corrected chi connectivity index (χ1v) is 9.52. The number of halogens is 3. The number of alkyl halides is 3. The maximum atomic E-state index is 13.4. The number of rotatable bonds is 2. The van der Waals surface area contributed by atoms with Crippen LogP contribution in [-0.2, 0) is 6.18 Å². The van der Waals surface area contributed by atoms with E-state index in [0.717, 1.165) is 16.0 Å². The lowest BCUT2D eigenvalue weighted by molar-refractivity contribution is -0.142. The lowest BCUT2D eigenvalue weighted by Crippen LogP contribution is -2.28. The second-order valence-electron chi connectivity index (χ2n) is 7.50. The molecule has 0 N–H and O–H groups in total. The van der Waals surface area contributed by atoms with Gasteiger partial charge in [-0.15, -0.1) is 0 Å². The summed E-state index contributed by atoms with van der Waals surface area (Å²) in [6.45, 7) is 2.36. The molecule has 1 fully saturated rings. The van der Waals surface area contributed by atoms with Gasteiger partial charge < -0.3 is 9.32 Å². The van der Waals surface area contributed by atoms with Crippen molar-refractivity contribution >= 4 is 22.5 Å². The van der Waals surface area contributed by atoms with Crippen LogP contribution in [0.2, 0.25) is 0 Å². The van der Waals surface area contributed by atoms with Crippen molar-refractivity contribution in [1.82, 2.24) is 19.5 Å². The highest BCUT2D eigenvalue weighted by Crippen LogP contribution is 2.33. The third-order valence-corrected chi connectivity index (χ3v) is 5.39. The average Bonchev–Trinajstić information content (AvgIpc) is 3.42. The number of nitrogens with zero attached hydrogens (tertiary/aromatic N) is 4. The molecule has 0 aliphatic carbocycles. The largest absolute Gasteiger partial charge is 0.451 e. The summed E-state index contributed by atoms with van der Waals surface area (Å²) in [6.07, 6.45) is -3.93. The molecule has 1 aliphatic heterocycles. The smallest absolute Gasteiger partial charge is 0.433 e. The fourth-order valence-electron chi connectivity index (χ4n) is 3.95. The van der Waals surface area contributed by atoms with E-state index in [9.17, 15) is 18.0 Å². The van der Waals surface area contributed by atoms with Crippen molar-refractivity contribution < 1.29 is 22.4 Å². The minimum absolute atomic E-state index is 0.152. The molecule has 0 bridgehead atoms. The van der Waals surface area contributed by atoms with Gasteiger partial charge in [0.2, 0.25) is 0 Å². The normalized spacial score (nSPS) is 17.3. The number of aryl methyl sites for hydroxylation is 1. The molecule has 6 nitrogen and oxygen atoms in total. The summed E-state index contributed by atoms with van der Waals surface area (Å²) < 4.78 is 46.6. The van der Waals surface area contributed by atoms with Crippen LogP contribution in [0.25, 0.3) is 16.6 Å². The average molecular weight is 414 g/mol. The van der Waals surface area contributed by atoms with Gasteiger partial charge in [-0.25, -0.2) is 9.50 Å². The molecule has 3 aromatic heterocycles. The standard InChI is InChI=1S/C21H17F3N4O2/c1-12-8-18(21(22,23)24)28-19(25-12)10-15(26-28)14-6-7-27(11-14)20(29)17-9-13-4-2-3-5-16(13)30-17/h2-5,8-10,14H,6-7,11H2,1H3. The number of amides is 1. The Hall–Kier alpha value is -3.36. The van der Waals surface area contributed by atoms with Gasteiger partial charge in [-0.05, 0) is 31.5 Å². The van der Waals surface area contributed by atoms with Crippen molar-refractivity contribution in [1.29, 1.82) is 0 Å². The molecule has 9 heteroatoms. The number of carbonyl (C=O) groups excluding carboxylic acids is 1. The SMILES string of the molecule is Cc1cc(C(F)(F)F)n2nc(C3CCN(C(=O)c4cc5ccccc5o4)C3)cc2n1. The number of likely N-dealkylation sites (tertiary alicyclic amines) is 1. The zero-order valence-corrected chi connectivity index (χ0v) is 16.0. The monoisotopic (exact) mass is 414 g/mol. The Kier molecular flexibility index (Phi) is 4.09. The summed E-state index contributed by atoms with van der Waals surface area (Å²) in [5.41, 5.74) is 0.704. The topological polar surface area (TPSA) is 63.6 Å². The van der Waals surface area contributed by atoms with Crippen molar-refractivity contribution in [3.8, 4) is 0 Å². The van der Waals surface area contributed by atoms with E-state index in [0.29, 0.717) is 30.8 Å². The summed E-state index contributed by atoms with van der Waals surface area (Å²) >= 11 is 0. The van der Waals surface area contributed by atoms with Gasteiger partial charge in [-0.2, -0.15) is 18.3 Å². The van der Waals surface area contributed by atoms with Crippen LogP contribution in [0.1, 0.15) is 40.0 Å². The molecule has 30 heavy (non-hydrogen) atoms. The van der Waals surface area contributed by atoms with E-state index in [2.05, 4.69) is 10.1 Å². The second-order valence-corrected chi connectivity index (χ2v) is 7.50. The Morgan fingerprint density at radius 1 is 1.20 bits per heavy atom. The van der Waals surface area contributed by atoms with Crippen LogP contribution in [0.3, 0.4) is 0 Å². The molecule has 0 spiro atoms. The third kappa shape index (κ3) is 3.10. The first kappa shape index (κ1) is 18.7. The number of para-hydroxylation sites is 1. The van der Waals surface area contributed by atoms with Crippen molar-refractivity contribution in [2.24, 2.45) is 0 Å². The first-order chi connectivity index (χ1) is 14.3. The minimum Gasteiger partial charge on any atom is -0.451 e. The van der Waals surface area contributed by atoms with Crippen LogP contribution in [-0.4, -0.2) is 38.5 Å². The Morgan fingerprint density at radius 3 is 2.77 bits per heavy atom. The van der Waals surface area contributed by atoms with Gasteiger partial charge in [0.1, 0.15) is 11.3 Å². The van der Waals surface area contributed by atoms with Crippen LogP contribution in [0.15, 0.2) is 46.9 Å². The maximum absolute atomic E-state index is 13.4. The minimum atomic E-state index is -4.53.